The first-order chi connectivity index (χ1) is 8.99. The third kappa shape index (κ3) is 3.58. The van der Waals surface area contributed by atoms with E-state index in [0.29, 0.717) is 12.1 Å². The van der Waals surface area contributed by atoms with Crippen molar-refractivity contribution in [3.63, 3.8) is 0 Å². The fraction of sp³-hybridized carbons (Fsp3) is 0.786. The molecule has 0 radical (unpaired) electrons. The summed E-state index contributed by atoms with van der Waals surface area (Å²) >= 11 is 3.67. The third-order valence-electron chi connectivity index (χ3n) is 3.96. The molecule has 1 aliphatic rings. The molecule has 1 fully saturated rings. The van der Waals surface area contributed by atoms with Crippen LogP contribution in [-0.2, 0) is 13.6 Å². The largest absolute Gasteiger partial charge is 0.313 e. The molecule has 0 amide bonds. The van der Waals surface area contributed by atoms with Gasteiger partial charge < -0.3 is 5.32 Å². The van der Waals surface area contributed by atoms with E-state index in [9.17, 15) is 0 Å². The number of hydrogen-bond acceptors (Lipinski definition) is 3. The Morgan fingerprint density at radius 3 is 2.74 bits per heavy atom. The van der Waals surface area contributed by atoms with E-state index < -0.39 is 0 Å². The van der Waals surface area contributed by atoms with E-state index in [2.05, 4.69) is 45.1 Å². The number of hydrogen-bond donors (Lipinski definition) is 1. The first-order valence-electron chi connectivity index (χ1n) is 7.14. The Morgan fingerprint density at radius 1 is 1.53 bits per heavy atom. The molecule has 1 unspecified atom stereocenters. The third-order valence-corrected chi connectivity index (χ3v) is 4.99. The maximum atomic E-state index is 4.48. The maximum absolute atomic E-state index is 4.48. The van der Waals surface area contributed by atoms with Gasteiger partial charge in [0.15, 0.2) is 0 Å². The second-order valence-electron chi connectivity index (χ2n) is 5.79. The first kappa shape index (κ1) is 15.0. The molecule has 0 aliphatic carbocycles. The van der Waals surface area contributed by atoms with Crippen LogP contribution in [0.15, 0.2) is 4.47 Å². The molecule has 5 heteroatoms. The normalized spacial score (nSPS) is 19.8. The Bertz CT molecular complexity index is 421. The fourth-order valence-corrected chi connectivity index (χ4v) is 3.16. The van der Waals surface area contributed by atoms with Gasteiger partial charge in [-0.3, -0.25) is 9.58 Å². The highest BCUT2D eigenvalue weighted by atomic mass is 79.9. The van der Waals surface area contributed by atoms with E-state index in [1.165, 1.54) is 25.1 Å². The number of nitrogens with one attached hydrogen (secondary N) is 1. The molecule has 1 aromatic rings. The lowest BCUT2D eigenvalue weighted by Crippen LogP contribution is -2.41. The van der Waals surface area contributed by atoms with Crippen molar-refractivity contribution in [2.24, 2.45) is 7.05 Å². The SMILES string of the molecule is Cc1nn(C)c(CN(CC2CCCN2)C(C)C)c1Br. The zero-order valence-corrected chi connectivity index (χ0v) is 14.0. The molecule has 2 heterocycles. The molecule has 4 nitrogen and oxygen atoms in total. The summed E-state index contributed by atoms with van der Waals surface area (Å²) in [6, 6.07) is 1.19. The van der Waals surface area contributed by atoms with Crippen molar-refractivity contribution in [1.29, 1.82) is 0 Å². The molecule has 0 saturated carbocycles. The van der Waals surface area contributed by atoms with Gasteiger partial charge in [0.1, 0.15) is 0 Å². The summed E-state index contributed by atoms with van der Waals surface area (Å²) in [5, 5.41) is 8.07. The quantitative estimate of drug-likeness (QED) is 0.901. The lowest BCUT2D eigenvalue weighted by atomic mass is 10.2. The second kappa shape index (κ2) is 6.37. The number of rotatable bonds is 5. The highest BCUT2D eigenvalue weighted by molar-refractivity contribution is 9.10. The van der Waals surface area contributed by atoms with Gasteiger partial charge in [-0.25, -0.2) is 0 Å². The highest BCUT2D eigenvalue weighted by Gasteiger charge is 2.22. The zero-order chi connectivity index (χ0) is 14.0. The summed E-state index contributed by atoms with van der Waals surface area (Å²) in [6.45, 7) is 9.83. The molecule has 1 N–H and O–H groups in total. The number of halogens is 1. The summed E-state index contributed by atoms with van der Waals surface area (Å²) in [4.78, 5) is 2.53. The van der Waals surface area contributed by atoms with Gasteiger partial charge in [0.2, 0.25) is 0 Å². The highest BCUT2D eigenvalue weighted by Crippen LogP contribution is 2.23. The van der Waals surface area contributed by atoms with Crippen molar-refractivity contribution in [2.75, 3.05) is 13.1 Å². The summed E-state index contributed by atoms with van der Waals surface area (Å²) in [5.74, 6) is 0. The van der Waals surface area contributed by atoms with Gasteiger partial charge in [0.25, 0.3) is 0 Å². The Balaban J connectivity index is 2.07. The summed E-state index contributed by atoms with van der Waals surface area (Å²) in [7, 11) is 2.03. The topological polar surface area (TPSA) is 33.1 Å². The van der Waals surface area contributed by atoms with Crippen molar-refractivity contribution in [2.45, 2.75) is 52.2 Å². The Morgan fingerprint density at radius 2 is 2.26 bits per heavy atom. The Kier molecular flexibility index (Phi) is 5.03. The van der Waals surface area contributed by atoms with Crippen LogP contribution in [0, 0.1) is 6.92 Å². The molecule has 0 spiro atoms. The van der Waals surface area contributed by atoms with Gasteiger partial charge in [0, 0.05) is 32.2 Å². The van der Waals surface area contributed by atoms with Crippen LogP contribution in [-0.4, -0.2) is 39.9 Å². The molecule has 0 aromatic carbocycles. The van der Waals surface area contributed by atoms with Crippen LogP contribution in [0.4, 0.5) is 0 Å². The van der Waals surface area contributed by atoms with E-state index in [1.54, 1.807) is 0 Å². The van der Waals surface area contributed by atoms with Crippen LogP contribution in [0.1, 0.15) is 38.1 Å². The average molecular weight is 329 g/mol. The molecule has 1 atom stereocenters. The predicted octanol–water partition coefficient (Wildman–Crippen LogP) is 2.45. The van der Waals surface area contributed by atoms with E-state index in [1.807, 2.05) is 18.7 Å². The van der Waals surface area contributed by atoms with Crippen LogP contribution in [0.2, 0.25) is 0 Å². The van der Waals surface area contributed by atoms with Gasteiger partial charge in [-0.1, -0.05) is 0 Å². The average Bonchev–Trinajstić information content (AvgIpc) is 2.92. The van der Waals surface area contributed by atoms with E-state index in [-0.39, 0.29) is 0 Å². The summed E-state index contributed by atoms with van der Waals surface area (Å²) in [5.41, 5.74) is 2.34. The number of aromatic nitrogens is 2. The predicted molar refractivity (Wildman–Crippen MR) is 82.2 cm³/mol. The molecular weight excluding hydrogens is 304 g/mol. The van der Waals surface area contributed by atoms with Crippen molar-refractivity contribution in [1.82, 2.24) is 20.0 Å². The molecule has 0 bridgehead atoms. The van der Waals surface area contributed by atoms with Crippen molar-refractivity contribution < 1.29 is 0 Å². The Labute approximate surface area is 124 Å². The van der Waals surface area contributed by atoms with Crippen LogP contribution in [0.25, 0.3) is 0 Å². The van der Waals surface area contributed by atoms with Gasteiger partial charge in [0.05, 0.1) is 15.9 Å². The minimum atomic E-state index is 0.546. The molecular formula is C14H25BrN4. The molecule has 19 heavy (non-hydrogen) atoms. The van der Waals surface area contributed by atoms with Gasteiger partial charge in [-0.05, 0) is 56.1 Å². The monoisotopic (exact) mass is 328 g/mol. The number of aryl methyl sites for hydroxylation is 2. The molecule has 1 aliphatic heterocycles. The van der Waals surface area contributed by atoms with Crippen LogP contribution >= 0.6 is 15.9 Å². The van der Waals surface area contributed by atoms with Gasteiger partial charge >= 0.3 is 0 Å². The van der Waals surface area contributed by atoms with Crippen LogP contribution in [0.3, 0.4) is 0 Å². The number of nitrogens with zero attached hydrogens (tertiary/aromatic N) is 3. The molecule has 108 valence electrons. The standard InChI is InChI=1S/C14H25BrN4/c1-10(2)19(8-12-6-5-7-16-12)9-13-14(15)11(3)17-18(13)4/h10,12,16H,5-9H2,1-4H3. The second-order valence-corrected chi connectivity index (χ2v) is 6.58. The van der Waals surface area contributed by atoms with E-state index in [4.69, 9.17) is 0 Å². The molecule has 1 saturated heterocycles. The fourth-order valence-electron chi connectivity index (χ4n) is 2.70. The molecule has 2 rings (SSSR count). The van der Waals surface area contributed by atoms with Gasteiger partial charge in [-0.2, -0.15) is 5.10 Å². The van der Waals surface area contributed by atoms with E-state index >= 15 is 0 Å². The lowest BCUT2D eigenvalue weighted by molar-refractivity contribution is 0.189. The van der Waals surface area contributed by atoms with Crippen molar-refractivity contribution >= 4 is 15.9 Å². The van der Waals surface area contributed by atoms with Crippen molar-refractivity contribution in [3.05, 3.63) is 15.9 Å². The summed E-state index contributed by atoms with van der Waals surface area (Å²) in [6.07, 6.45) is 2.61. The minimum Gasteiger partial charge on any atom is -0.313 e. The van der Waals surface area contributed by atoms with Crippen LogP contribution < -0.4 is 5.32 Å². The lowest BCUT2D eigenvalue weighted by Gasteiger charge is -2.29. The zero-order valence-electron chi connectivity index (χ0n) is 12.4. The summed E-state index contributed by atoms with van der Waals surface area (Å²) < 4.78 is 3.15. The smallest absolute Gasteiger partial charge is 0.0739 e. The van der Waals surface area contributed by atoms with Crippen LogP contribution in [0.5, 0.6) is 0 Å². The maximum Gasteiger partial charge on any atom is 0.0739 e. The minimum absolute atomic E-state index is 0.546. The van der Waals surface area contributed by atoms with Crippen molar-refractivity contribution in [3.8, 4) is 0 Å². The molecule has 1 aromatic heterocycles. The van der Waals surface area contributed by atoms with E-state index in [0.717, 1.165) is 23.3 Å². The first-order valence-corrected chi connectivity index (χ1v) is 7.93. The Hall–Kier alpha value is -0.390. The van der Waals surface area contributed by atoms with Gasteiger partial charge in [-0.15, -0.1) is 0 Å².